The molecule has 0 saturated carbocycles. The fourth-order valence-corrected chi connectivity index (χ4v) is 2.77. The molecule has 0 aliphatic carbocycles. The van der Waals surface area contributed by atoms with E-state index >= 15 is 0 Å². The second-order valence-electron chi connectivity index (χ2n) is 5.80. The van der Waals surface area contributed by atoms with Crippen LogP contribution in [-0.4, -0.2) is 28.8 Å². The summed E-state index contributed by atoms with van der Waals surface area (Å²) in [4.78, 5) is 15.9. The Balaban J connectivity index is 1.78. The first-order chi connectivity index (χ1) is 12.6. The SMILES string of the molecule is COc1ccc(-n2c(C)cc(C=NNC(=O)c3cccnc3)c2C)cc1. The van der Waals surface area contributed by atoms with E-state index < -0.39 is 0 Å². The van der Waals surface area contributed by atoms with Crippen molar-refractivity contribution in [2.45, 2.75) is 13.8 Å². The van der Waals surface area contributed by atoms with Crippen molar-refractivity contribution >= 4 is 12.1 Å². The Morgan fingerprint density at radius 3 is 2.65 bits per heavy atom. The standard InChI is InChI=1S/C20H20N4O2/c1-14-11-17(13-22-23-20(25)16-5-4-10-21-12-16)15(2)24(14)18-6-8-19(26-3)9-7-18/h4-13H,1-3H3,(H,23,25). The summed E-state index contributed by atoms with van der Waals surface area (Å²) in [7, 11) is 1.65. The number of hydrogen-bond acceptors (Lipinski definition) is 4. The van der Waals surface area contributed by atoms with Gasteiger partial charge in [0.2, 0.25) is 0 Å². The van der Waals surface area contributed by atoms with E-state index in [0.29, 0.717) is 5.56 Å². The van der Waals surface area contributed by atoms with Crippen LogP contribution in [0.4, 0.5) is 0 Å². The average molecular weight is 348 g/mol. The number of aromatic nitrogens is 2. The maximum absolute atomic E-state index is 12.0. The number of nitrogens with one attached hydrogen (secondary N) is 1. The number of rotatable bonds is 5. The van der Waals surface area contributed by atoms with Crippen LogP contribution in [0.5, 0.6) is 5.75 Å². The monoisotopic (exact) mass is 348 g/mol. The third kappa shape index (κ3) is 3.64. The highest BCUT2D eigenvalue weighted by atomic mass is 16.5. The van der Waals surface area contributed by atoms with Crippen molar-refractivity contribution in [2.75, 3.05) is 7.11 Å². The molecule has 2 aromatic heterocycles. The summed E-state index contributed by atoms with van der Waals surface area (Å²) in [5.41, 5.74) is 7.08. The van der Waals surface area contributed by atoms with Gasteiger partial charge in [0.15, 0.2) is 0 Å². The van der Waals surface area contributed by atoms with Crippen molar-refractivity contribution < 1.29 is 9.53 Å². The predicted molar refractivity (Wildman–Crippen MR) is 101 cm³/mol. The van der Waals surface area contributed by atoms with Gasteiger partial charge in [0.25, 0.3) is 5.91 Å². The molecule has 6 nitrogen and oxygen atoms in total. The van der Waals surface area contributed by atoms with Crippen molar-refractivity contribution in [3.63, 3.8) is 0 Å². The van der Waals surface area contributed by atoms with Crippen molar-refractivity contribution in [3.8, 4) is 11.4 Å². The first-order valence-corrected chi connectivity index (χ1v) is 8.17. The quantitative estimate of drug-likeness (QED) is 0.568. The molecular weight excluding hydrogens is 328 g/mol. The maximum Gasteiger partial charge on any atom is 0.272 e. The lowest BCUT2D eigenvalue weighted by atomic mass is 10.2. The van der Waals surface area contributed by atoms with Crippen LogP contribution in [0.25, 0.3) is 5.69 Å². The third-order valence-electron chi connectivity index (χ3n) is 4.09. The summed E-state index contributed by atoms with van der Waals surface area (Å²) in [6, 6.07) is 13.3. The van der Waals surface area contributed by atoms with Gasteiger partial charge in [0.05, 0.1) is 18.9 Å². The zero-order chi connectivity index (χ0) is 18.5. The van der Waals surface area contributed by atoms with Gasteiger partial charge < -0.3 is 9.30 Å². The fraction of sp³-hybridized carbons (Fsp3) is 0.150. The number of hydrazone groups is 1. The molecule has 3 aromatic rings. The highest BCUT2D eigenvalue weighted by Crippen LogP contribution is 2.21. The van der Waals surface area contributed by atoms with Crippen molar-refractivity contribution in [2.24, 2.45) is 5.10 Å². The fourth-order valence-electron chi connectivity index (χ4n) is 2.77. The lowest BCUT2D eigenvalue weighted by Gasteiger charge is -2.10. The molecular formula is C20H20N4O2. The summed E-state index contributed by atoms with van der Waals surface area (Å²) < 4.78 is 7.34. The molecule has 6 heteroatoms. The van der Waals surface area contributed by atoms with E-state index in [2.05, 4.69) is 20.1 Å². The summed E-state index contributed by atoms with van der Waals surface area (Å²) >= 11 is 0. The minimum absolute atomic E-state index is 0.293. The van der Waals surface area contributed by atoms with E-state index in [0.717, 1.165) is 28.4 Å². The molecule has 1 aromatic carbocycles. The second-order valence-corrected chi connectivity index (χ2v) is 5.80. The van der Waals surface area contributed by atoms with Crippen molar-refractivity contribution in [3.05, 3.63) is 77.4 Å². The molecule has 26 heavy (non-hydrogen) atoms. The summed E-state index contributed by atoms with van der Waals surface area (Å²) in [6.07, 6.45) is 4.77. The molecule has 0 bridgehead atoms. The summed E-state index contributed by atoms with van der Waals surface area (Å²) in [6.45, 7) is 4.05. The van der Waals surface area contributed by atoms with Crippen molar-refractivity contribution in [1.29, 1.82) is 0 Å². The van der Waals surface area contributed by atoms with E-state index in [1.165, 1.54) is 6.20 Å². The van der Waals surface area contributed by atoms with Gasteiger partial charge in [-0.2, -0.15) is 5.10 Å². The topological polar surface area (TPSA) is 68.5 Å². The Hall–Kier alpha value is -3.41. The molecule has 3 rings (SSSR count). The molecule has 0 unspecified atom stereocenters. The molecule has 0 aliphatic rings. The van der Waals surface area contributed by atoms with E-state index in [9.17, 15) is 4.79 Å². The van der Waals surface area contributed by atoms with Gasteiger partial charge in [-0.1, -0.05) is 0 Å². The van der Waals surface area contributed by atoms with Gasteiger partial charge in [0.1, 0.15) is 5.75 Å². The Morgan fingerprint density at radius 1 is 1.23 bits per heavy atom. The Bertz CT molecular complexity index is 928. The zero-order valence-corrected chi connectivity index (χ0v) is 14.9. The van der Waals surface area contributed by atoms with Gasteiger partial charge in [-0.05, 0) is 56.3 Å². The lowest BCUT2D eigenvalue weighted by molar-refractivity contribution is 0.0955. The number of nitrogens with zero attached hydrogens (tertiary/aromatic N) is 3. The third-order valence-corrected chi connectivity index (χ3v) is 4.09. The number of methoxy groups -OCH3 is 1. The van der Waals surface area contributed by atoms with Crippen LogP contribution in [0.1, 0.15) is 27.3 Å². The van der Waals surface area contributed by atoms with Crippen LogP contribution >= 0.6 is 0 Å². The van der Waals surface area contributed by atoms with Gasteiger partial charge in [-0.3, -0.25) is 9.78 Å². The number of benzene rings is 1. The van der Waals surface area contributed by atoms with E-state index in [4.69, 9.17) is 4.74 Å². The van der Waals surface area contributed by atoms with Gasteiger partial charge in [-0.15, -0.1) is 0 Å². The van der Waals surface area contributed by atoms with Crippen LogP contribution < -0.4 is 10.2 Å². The molecule has 132 valence electrons. The average Bonchev–Trinajstić information content (AvgIpc) is 2.96. The lowest BCUT2D eigenvalue weighted by Crippen LogP contribution is -2.17. The Kier molecular flexibility index (Phi) is 5.12. The first kappa shape index (κ1) is 17.4. The number of carbonyl (C=O) groups excluding carboxylic acids is 1. The molecule has 0 saturated heterocycles. The normalized spacial score (nSPS) is 10.9. The number of ether oxygens (including phenoxy) is 1. The zero-order valence-electron chi connectivity index (χ0n) is 14.9. The highest BCUT2D eigenvalue weighted by Gasteiger charge is 2.10. The van der Waals surface area contributed by atoms with Gasteiger partial charge >= 0.3 is 0 Å². The minimum atomic E-state index is -0.293. The van der Waals surface area contributed by atoms with Gasteiger partial charge in [0, 0.05) is 35.0 Å². The molecule has 1 N–H and O–H groups in total. The van der Waals surface area contributed by atoms with Crippen LogP contribution in [0.15, 0.2) is 60.0 Å². The number of carbonyl (C=O) groups is 1. The number of amides is 1. The van der Waals surface area contributed by atoms with Gasteiger partial charge in [-0.25, -0.2) is 5.43 Å². The molecule has 1 amide bonds. The number of hydrogen-bond donors (Lipinski definition) is 1. The molecule has 0 atom stereocenters. The van der Waals surface area contributed by atoms with E-state index in [1.54, 1.807) is 31.7 Å². The van der Waals surface area contributed by atoms with Crippen molar-refractivity contribution in [1.82, 2.24) is 15.0 Å². The van der Waals surface area contributed by atoms with Crippen LogP contribution in [0.3, 0.4) is 0 Å². The van der Waals surface area contributed by atoms with E-state index in [-0.39, 0.29) is 5.91 Å². The molecule has 0 radical (unpaired) electrons. The van der Waals surface area contributed by atoms with Crippen LogP contribution in [0.2, 0.25) is 0 Å². The minimum Gasteiger partial charge on any atom is -0.497 e. The maximum atomic E-state index is 12.0. The molecule has 2 heterocycles. The largest absolute Gasteiger partial charge is 0.497 e. The highest BCUT2D eigenvalue weighted by molar-refractivity contribution is 5.94. The van der Waals surface area contributed by atoms with E-state index in [1.807, 2.05) is 44.2 Å². The smallest absolute Gasteiger partial charge is 0.272 e. The van der Waals surface area contributed by atoms with Crippen LogP contribution in [0, 0.1) is 13.8 Å². The molecule has 0 spiro atoms. The predicted octanol–water partition coefficient (Wildman–Crippen LogP) is 3.26. The molecule has 0 aliphatic heterocycles. The number of aryl methyl sites for hydroxylation is 1. The second kappa shape index (κ2) is 7.65. The van der Waals surface area contributed by atoms with Crippen LogP contribution in [-0.2, 0) is 0 Å². The Labute approximate surface area is 152 Å². The summed E-state index contributed by atoms with van der Waals surface area (Å²) in [5.74, 6) is 0.523. The molecule has 0 fully saturated rings. The number of pyridine rings is 1. The first-order valence-electron chi connectivity index (χ1n) is 8.17. The Morgan fingerprint density at radius 2 is 2.00 bits per heavy atom. The summed E-state index contributed by atoms with van der Waals surface area (Å²) in [5, 5.41) is 4.07.